The molecule has 0 aliphatic rings. The summed E-state index contributed by atoms with van der Waals surface area (Å²) < 4.78 is 1.73. The van der Waals surface area contributed by atoms with E-state index in [2.05, 4.69) is 12.0 Å². The first-order valence-electron chi connectivity index (χ1n) is 5.95. The summed E-state index contributed by atoms with van der Waals surface area (Å²) in [5, 5.41) is 13.3. The van der Waals surface area contributed by atoms with Gasteiger partial charge < -0.3 is 5.11 Å². The molecule has 5 heteroatoms. The van der Waals surface area contributed by atoms with Gasteiger partial charge in [0.1, 0.15) is 6.04 Å². The zero-order valence-electron chi connectivity index (χ0n) is 10.8. The summed E-state index contributed by atoms with van der Waals surface area (Å²) in [6.07, 6.45) is 6.34. The van der Waals surface area contributed by atoms with Crippen LogP contribution >= 0.6 is 0 Å². The molecule has 1 atom stereocenters. The van der Waals surface area contributed by atoms with Crippen molar-refractivity contribution in [2.75, 3.05) is 7.05 Å². The maximum atomic E-state index is 11.2. The number of aryl methyl sites for hydroxylation is 1. The van der Waals surface area contributed by atoms with Crippen LogP contribution in [0.5, 0.6) is 0 Å². The standard InChI is InChI=1S/C12H21N3O2/c1-4-5-6-11(12(16)17)14(2)8-10-7-13-15(3)9-10/h7,9,11H,4-6,8H2,1-3H3,(H,16,17). The van der Waals surface area contributed by atoms with Gasteiger partial charge in [-0.1, -0.05) is 19.8 Å². The molecular weight excluding hydrogens is 218 g/mol. The van der Waals surface area contributed by atoms with Gasteiger partial charge in [-0.15, -0.1) is 0 Å². The fourth-order valence-corrected chi connectivity index (χ4v) is 1.88. The summed E-state index contributed by atoms with van der Waals surface area (Å²) in [5.41, 5.74) is 1.04. The van der Waals surface area contributed by atoms with E-state index in [4.69, 9.17) is 0 Å². The quantitative estimate of drug-likeness (QED) is 0.783. The fraction of sp³-hybridized carbons (Fsp3) is 0.667. The molecule has 0 bridgehead atoms. The molecule has 17 heavy (non-hydrogen) atoms. The Morgan fingerprint density at radius 1 is 1.65 bits per heavy atom. The highest BCUT2D eigenvalue weighted by atomic mass is 16.4. The number of carboxylic acid groups (broad SMARTS) is 1. The Kier molecular flexibility index (Phi) is 5.15. The van der Waals surface area contributed by atoms with Gasteiger partial charge in [-0.2, -0.15) is 5.10 Å². The van der Waals surface area contributed by atoms with Crippen molar-refractivity contribution in [3.8, 4) is 0 Å². The molecule has 96 valence electrons. The monoisotopic (exact) mass is 239 g/mol. The molecule has 1 rings (SSSR count). The summed E-state index contributed by atoms with van der Waals surface area (Å²) >= 11 is 0. The third kappa shape index (κ3) is 4.19. The van der Waals surface area contributed by atoms with Gasteiger partial charge in [-0.3, -0.25) is 14.4 Å². The van der Waals surface area contributed by atoms with Crippen LogP contribution in [-0.2, 0) is 18.4 Å². The number of unbranched alkanes of at least 4 members (excludes halogenated alkanes) is 1. The highest BCUT2D eigenvalue weighted by Crippen LogP contribution is 2.11. The van der Waals surface area contributed by atoms with E-state index in [9.17, 15) is 9.90 Å². The second-order valence-electron chi connectivity index (χ2n) is 4.43. The minimum absolute atomic E-state index is 0.407. The Labute approximate surface area is 102 Å². The lowest BCUT2D eigenvalue weighted by Gasteiger charge is -2.23. The van der Waals surface area contributed by atoms with Crippen molar-refractivity contribution in [1.82, 2.24) is 14.7 Å². The first-order chi connectivity index (χ1) is 8.04. The summed E-state index contributed by atoms with van der Waals surface area (Å²) in [5.74, 6) is -0.746. The summed E-state index contributed by atoms with van der Waals surface area (Å²) in [6.45, 7) is 2.69. The van der Waals surface area contributed by atoms with Crippen LogP contribution in [0.25, 0.3) is 0 Å². The number of likely N-dealkylation sites (N-methyl/N-ethyl adjacent to an activating group) is 1. The van der Waals surface area contributed by atoms with Crippen LogP contribution in [0.1, 0.15) is 31.7 Å². The predicted molar refractivity (Wildman–Crippen MR) is 65.6 cm³/mol. The van der Waals surface area contributed by atoms with Crippen molar-refractivity contribution in [1.29, 1.82) is 0 Å². The molecule has 5 nitrogen and oxygen atoms in total. The van der Waals surface area contributed by atoms with Crippen molar-refractivity contribution < 1.29 is 9.90 Å². The molecular formula is C12H21N3O2. The van der Waals surface area contributed by atoms with Crippen LogP contribution in [0.4, 0.5) is 0 Å². The lowest BCUT2D eigenvalue weighted by Crippen LogP contribution is -2.37. The van der Waals surface area contributed by atoms with Crippen molar-refractivity contribution in [3.05, 3.63) is 18.0 Å². The molecule has 1 aromatic rings. The molecule has 1 unspecified atom stereocenters. The van der Waals surface area contributed by atoms with Gasteiger partial charge in [-0.25, -0.2) is 0 Å². The molecule has 0 aliphatic carbocycles. The van der Waals surface area contributed by atoms with Crippen LogP contribution in [0.3, 0.4) is 0 Å². The Hall–Kier alpha value is -1.36. The van der Waals surface area contributed by atoms with Crippen molar-refractivity contribution >= 4 is 5.97 Å². The Bertz CT molecular complexity index is 362. The van der Waals surface area contributed by atoms with Gasteiger partial charge >= 0.3 is 5.97 Å². The number of carbonyl (C=O) groups is 1. The molecule has 1 heterocycles. The Balaban J connectivity index is 2.58. The Morgan fingerprint density at radius 2 is 2.35 bits per heavy atom. The zero-order valence-corrected chi connectivity index (χ0v) is 10.8. The van der Waals surface area contributed by atoms with Crippen LogP contribution < -0.4 is 0 Å². The molecule has 0 aromatic carbocycles. The third-order valence-corrected chi connectivity index (χ3v) is 2.84. The number of hydrogen-bond donors (Lipinski definition) is 1. The number of hydrogen-bond acceptors (Lipinski definition) is 3. The molecule has 0 amide bonds. The van der Waals surface area contributed by atoms with Gasteiger partial charge in [0.05, 0.1) is 6.20 Å². The first-order valence-corrected chi connectivity index (χ1v) is 5.95. The molecule has 0 spiro atoms. The van der Waals surface area contributed by atoms with Crippen LogP contribution in [0.15, 0.2) is 12.4 Å². The van der Waals surface area contributed by atoms with E-state index < -0.39 is 12.0 Å². The van der Waals surface area contributed by atoms with Crippen LogP contribution in [0.2, 0.25) is 0 Å². The van der Waals surface area contributed by atoms with Gasteiger partial charge in [0.25, 0.3) is 0 Å². The van der Waals surface area contributed by atoms with Gasteiger partial charge in [-0.05, 0) is 13.5 Å². The normalized spacial score (nSPS) is 12.9. The molecule has 0 saturated carbocycles. The van der Waals surface area contributed by atoms with Crippen LogP contribution in [0, 0.1) is 0 Å². The van der Waals surface area contributed by atoms with Crippen molar-refractivity contribution in [3.63, 3.8) is 0 Å². The number of aromatic nitrogens is 2. The molecule has 0 fully saturated rings. The van der Waals surface area contributed by atoms with Gasteiger partial charge in [0, 0.05) is 25.4 Å². The van der Waals surface area contributed by atoms with Crippen molar-refractivity contribution in [2.45, 2.75) is 38.8 Å². The lowest BCUT2D eigenvalue weighted by molar-refractivity contribution is -0.143. The molecule has 0 saturated heterocycles. The van der Waals surface area contributed by atoms with E-state index in [1.165, 1.54) is 0 Å². The number of nitrogens with zero attached hydrogens (tertiary/aromatic N) is 3. The molecule has 1 aromatic heterocycles. The number of rotatable bonds is 7. The predicted octanol–water partition coefficient (Wildman–Crippen LogP) is 1.50. The van der Waals surface area contributed by atoms with E-state index in [-0.39, 0.29) is 0 Å². The minimum atomic E-state index is -0.746. The van der Waals surface area contributed by atoms with E-state index in [0.29, 0.717) is 13.0 Å². The maximum Gasteiger partial charge on any atom is 0.320 e. The smallest absolute Gasteiger partial charge is 0.320 e. The second kappa shape index (κ2) is 6.39. The summed E-state index contributed by atoms with van der Waals surface area (Å²) in [4.78, 5) is 13.0. The molecule has 0 aliphatic heterocycles. The lowest BCUT2D eigenvalue weighted by atomic mass is 10.1. The largest absolute Gasteiger partial charge is 0.480 e. The fourth-order valence-electron chi connectivity index (χ4n) is 1.88. The SMILES string of the molecule is CCCCC(C(=O)O)N(C)Cc1cnn(C)c1. The first kappa shape index (κ1) is 13.7. The van der Waals surface area contributed by atoms with E-state index >= 15 is 0 Å². The molecule has 0 radical (unpaired) electrons. The number of carboxylic acids is 1. The summed E-state index contributed by atoms with van der Waals surface area (Å²) in [7, 11) is 3.71. The maximum absolute atomic E-state index is 11.2. The van der Waals surface area contributed by atoms with Crippen LogP contribution in [-0.4, -0.2) is 38.8 Å². The minimum Gasteiger partial charge on any atom is -0.480 e. The highest BCUT2D eigenvalue weighted by molar-refractivity contribution is 5.73. The van der Waals surface area contributed by atoms with Gasteiger partial charge in [0.2, 0.25) is 0 Å². The van der Waals surface area contributed by atoms with E-state index in [1.54, 1.807) is 10.9 Å². The average Bonchev–Trinajstić information content (AvgIpc) is 2.64. The third-order valence-electron chi connectivity index (χ3n) is 2.84. The van der Waals surface area contributed by atoms with Gasteiger partial charge in [0.15, 0.2) is 0 Å². The molecule has 1 N–H and O–H groups in total. The zero-order chi connectivity index (χ0) is 12.8. The van der Waals surface area contributed by atoms with E-state index in [0.717, 1.165) is 18.4 Å². The average molecular weight is 239 g/mol. The number of aliphatic carboxylic acids is 1. The van der Waals surface area contributed by atoms with Crippen molar-refractivity contribution in [2.24, 2.45) is 7.05 Å². The van der Waals surface area contributed by atoms with E-state index in [1.807, 2.05) is 25.2 Å². The highest BCUT2D eigenvalue weighted by Gasteiger charge is 2.22. The topological polar surface area (TPSA) is 58.4 Å². The Morgan fingerprint density at radius 3 is 2.82 bits per heavy atom. The second-order valence-corrected chi connectivity index (χ2v) is 4.43. The summed E-state index contributed by atoms with van der Waals surface area (Å²) in [6, 6.07) is -0.407.